The minimum absolute atomic E-state index is 0.0152. The summed E-state index contributed by atoms with van der Waals surface area (Å²) in [5, 5.41) is 2.84. The van der Waals surface area contributed by atoms with E-state index in [1.54, 1.807) is 11.8 Å². The first-order valence-corrected chi connectivity index (χ1v) is 8.24. The maximum atomic E-state index is 12.0. The van der Waals surface area contributed by atoms with Gasteiger partial charge in [-0.15, -0.1) is 0 Å². The topological polar surface area (TPSA) is 58.6 Å². The summed E-state index contributed by atoms with van der Waals surface area (Å²) in [4.78, 5) is 25.2. The number of nitrogens with one attached hydrogen (secondary N) is 1. The van der Waals surface area contributed by atoms with Crippen molar-refractivity contribution in [3.63, 3.8) is 0 Å². The molecule has 0 aliphatic rings. The third-order valence-corrected chi connectivity index (χ3v) is 3.35. The van der Waals surface area contributed by atoms with Crippen molar-refractivity contribution in [2.75, 3.05) is 18.4 Å². The van der Waals surface area contributed by atoms with Gasteiger partial charge in [0.15, 0.2) is 0 Å². The summed E-state index contributed by atoms with van der Waals surface area (Å²) in [5.74, 6) is 0.701. The summed E-state index contributed by atoms with van der Waals surface area (Å²) in [5.41, 5.74) is 0.731. The van der Waals surface area contributed by atoms with Crippen LogP contribution in [0.4, 0.5) is 5.69 Å². The number of hydrogen-bond acceptors (Lipinski definition) is 3. The van der Waals surface area contributed by atoms with E-state index in [-0.39, 0.29) is 17.9 Å². The summed E-state index contributed by atoms with van der Waals surface area (Å²) in [6, 6.07) is 7.29. The first kappa shape index (κ1) is 19.0. The molecule has 0 atom stereocenters. The Morgan fingerprint density at radius 2 is 1.83 bits per heavy atom. The number of carbonyl (C=O) groups is 2. The van der Waals surface area contributed by atoms with E-state index in [2.05, 4.69) is 12.2 Å². The Labute approximate surface area is 139 Å². The number of carbonyl (C=O) groups excluding carboxylic acids is 2. The van der Waals surface area contributed by atoms with Crippen molar-refractivity contribution in [2.24, 2.45) is 0 Å². The van der Waals surface area contributed by atoms with Gasteiger partial charge in [-0.3, -0.25) is 9.59 Å². The van der Waals surface area contributed by atoms with Gasteiger partial charge in [-0.1, -0.05) is 13.3 Å². The van der Waals surface area contributed by atoms with Crippen LogP contribution in [0.2, 0.25) is 0 Å². The second kappa shape index (κ2) is 9.87. The highest BCUT2D eigenvalue weighted by atomic mass is 16.5. The molecule has 2 amide bonds. The van der Waals surface area contributed by atoms with Crippen LogP contribution in [-0.4, -0.2) is 35.9 Å². The Kier molecular flexibility index (Phi) is 8.16. The van der Waals surface area contributed by atoms with Crippen LogP contribution in [-0.2, 0) is 9.59 Å². The number of ether oxygens (including phenoxy) is 1. The van der Waals surface area contributed by atoms with E-state index in [0.29, 0.717) is 19.5 Å². The van der Waals surface area contributed by atoms with Gasteiger partial charge >= 0.3 is 0 Å². The quantitative estimate of drug-likeness (QED) is 0.758. The van der Waals surface area contributed by atoms with Crippen LogP contribution in [0.5, 0.6) is 5.75 Å². The van der Waals surface area contributed by atoms with Crippen molar-refractivity contribution >= 4 is 17.5 Å². The van der Waals surface area contributed by atoms with Crippen molar-refractivity contribution in [3.05, 3.63) is 24.3 Å². The number of nitrogens with zero attached hydrogens (tertiary/aromatic N) is 1. The van der Waals surface area contributed by atoms with Gasteiger partial charge in [0, 0.05) is 32.1 Å². The molecule has 0 spiro atoms. The molecule has 128 valence electrons. The van der Waals surface area contributed by atoms with E-state index in [4.69, 9.17) is 4.74 Å². The lowest BCUT2D eigenvalue weighted by molar-refractivity contribution is -0.129. The second-order valence-corrected chi connectivity index (χ2v) is 5.85. The number of amides is 2. The smallest absolute Gasteiger partial charge is 0.226 e. The zero-order valence-corrected chi connectivity index (χ0v) is 14.6. The van der Waals surface area contributed by atoms with Crippen LogP contribution in [0.15, 0.2) is 24.3 Å². The first-order chi connectivity index (χ1) is 10.9. The highest BCUT2D eigenvalue weighted by Gasteiger charge is 2.11. The zero-order valence-electron chi connectivity index (χ0n) is 14.6. The average molecular weight is 320 g/mol. The Morgan fingerprint density at radius 3 is 2.35 bits per heavy atom. The van der Waals surface area contributed by atoms with Gasteiger partial charge in [0.1, 0.15) is 5.75 Å². The molecular weight excluding hydrogens is 292 g/mol. The normalized spacial score (nSPS) is 10.5. The van der Waals surface area contributed by atoms with Crippen LogP contribution in [0.25, 0.3) is 0 Å². The average Bonchev–Trinajstić information content (AvgIpc) is 2.48. The first-order valence-electron chi connectivity index (χ1n) is 8.24. The summed E-state index contributed by atoms with van der Waals surface area (Å²) >= 11 is 0. The number of unbranched alkanes of at least 4 members (excludes halogenated alkanes) is 1. The van der Waals surface area contributed by atoms with Crippen molar-refractivity contribution in [1.29, 1.82) is 0 Å². The summed E-state index contributed by atoms with van der Waals surface area (Å²) < 4.78 is 5.56. The molecule has 0 aromatic heterocycles. The number of anilines is 1. The Bertz CT molecular complexity index is 497. The molecule has 0 aliphatic heterocycles. The van der Waals surface area contributed by atoms with Crippen LogP contribution < -0.4 is 10.1 Å². The molecule has 0 bridgehead atoms. The maximum absolute atomic E-state index is 12.0. The SMILES string of the molecule is CCCCN(CCC(=O)Nc1ccc(OC(C)C)cc1)C(C)=O. The molecule has 0 saturated heterocycles. The van der Waals surface area contributed by atoms with E-state index in [1.807, 2.05) is 38.1 Å². The fourth-order valence-corrected chi connectivity index (χ4v) is 2.12. The highest BCUT2D eigenvalue weighted by Crippen LogP contribution is 2.17. The Balaban J connectivity index is 2.44. The monoisotopic (exact) mass is 320 g/mol. The van der Waals surface area contributed by atoms with E-state index < -0.39 is 0 Å². The van der Waals surface area contributed by atoms with Gasteiger partial charge in [-0.05, 0) is 44.5 Å². The van der Waals surface area contributed by atoms with Gasteiger partial charge in [-0.25, -0.2) is 0 Å². The van der Waals surface area contributed by atoms with E-state index >= 15 is 0 Å². The molecule has 5 nitrogen and oxygen atoms in total. The van der Waals surface area contributed by atoms with Crippen LogP contribution in [0.3, 0.4) is 0 Å². The molecule has 0 heterocycles. The van der Waals surface area contributed by atoms with Gasteiger partial charge < -0.3 is 15.0 Å². The van der Waals surface area contributed by atoms with E-state index in [0.717, 1.165) is 24.3 Å². The number of rotatable bonds is 9. The van der Waals surface area contributed by atoms with Gasteiger partial charge in [0.2, 0.25) is 11.8 Å². The zero-order chi connectivity index (χ0) is 17.2. The lowest BCUT2D eigenvalue weighted by atomic mass is 10.2. The fourth-order valence-electron chi connectivity index (χ4n) is 2.12. The molecule has 0 radical (unpaired) electrons. The van der Waals surface area contributed by atoms with Crippen molar-refractivity contribution in [3.8, 4) is 5.75 Å². The maximum Gasteiger partial charge on any atom is 0.226 e. The molecule has 1 aromatic carbocycles. The van der Waals surface area contributed by atoms with Crippen LogP contribution >= 0.6 is 0 Å². The van der Waals surface area contributed by atoms with Crippen molar-refractivity contribution in [2.45, 2.75) is 53.1 Å². The Hall–Kier alpha value is -2.04. The third kappa shape index (κ3) is 7.68. The predicted octanol–water partition coefficient (Wildman–Crippen LogP) is 3.45. The lowest BCUT2D eigenvalue weighted by Crippen LogP contribution is -2.32. The van der Waals surface area contributed by atoms with E-state index in [9.17, 15) is 9.59 Å². The third-order valence-electron chi connectivity index (χ3n) is 3.35. The largest absolute Gasteiger partial charge is 0.491 e. The van der Waals surface area contributed by atoms with Crippen LogP contribution in [0, 0.1) is 0 Å². The van der Waals surface area contributed by atoms with Gasteiger partial charge in [-0.2, -0.15) is 0 Å². The molecular formula is C18H28N2O3. The standard InChI is InChI=1S/C18H28N2O3/c1-5-6-12-20(15(4)21)13-11-18(22)19-16-7-9-17(10-8-16)23-14(2)3/h7-10,14H,5-6,11-13H2,1-4H3,(H,19,22). The van der Waals surface area contributed by atoms with E-state index in [1.165, 1.54) is 0 Å². The number of hydrogen-bond donors (Lipinski definition) is 1. The highest BCUT2D eigenvalue weighted by molar-refractivity contribution is 5.91. The lowest BCUT2D eigenvalue weighted by Gasteiger charge is -2.20. The summed E-state index contributed by atoms with van der Waals surface area (Å²) in [6.45, 7) is 8.72. The molecule has 1 aromatic rings. The molecule has 0 saturated carbocycles. The van der Waals surface area contributed by atoms with Crippen molar-refractivity contribution < 1.29 is 14.3 Å². The van der Waals surface area contributed by atoms with Gasteiger partial charge in [0.25, 0.3) is 0 Å². The number of benzene rings is 1. The fraction of sp³-hybridized carbons (Fsp3) is 0.556. The molecule has 0 fully saturated rings. The Morgan fingerprint density at radius 1 is 1.17 bits per heavy atom. The molecule has 1 N–H and O–H groups in total. The minimum atomic E-state index is -0.0923. The second-order valence-electron chi connectivity index (χ2n) is 5.85. The molecule has 23 heavy (non-hydrogen) atoms. The summed E-state index contributed by atoms with van der Waals surface area (Å²) in [7, 11) is 0. The summed E-state index contributed by atoms with van der Waals surface area (Å²) in [6.07, 6.45) is 2.41. The molecule has 1 rings (SSSR count). The molecule has 0 aliphatic carbocycles. The van der Waals surface area contributed by atoms with Crippen molar-refractivity contribution in [1.82, 2.24) is 4.90 Å². The molecule has 5 heteroatoms. The predicted molar refractivity (Wildman–Crippen MR) is 92.6 cm³/mol. The van der Waals surface area contributed by atoms with Crippen LogP contribution in [0.1, 0.15) is 47.0 Å². The minimum Gasteiger partial charge on any atom is -0.491 e. The van der Waals surface area contributed by atoms with Gasteiger partial charge in [0.05, 0.1) is 6.10 Å². The molecule has 0 unspecified atom stereocenters.